The summed E-state index contributed by atoms with van der Waals surface area (Å²) < 4.78 is 0. The molecule has 3 N–H and O–H groups in total. The Morgan fingerprint density at radius 3 is 1.50 bits per heavy atom. The van der Waals surface area contributed by atoms with Crippen molar-refractivity contribution in [3.8, 4) is 0 Å². The minimum atomic E-state index is -1.20. The third-order valence-electron chi connectivity index (χ3n) is 0.123. The van der Waals surface area contributed by atoms with Crippen molar-refractivity contribution in [3.05, 3.63) is 0 Å². The van der Waals surface area contributed by atoms with Gasteiger partial charge in [0.15, 0.2) is 0 Å². The van der Waals surface area contributed by atoms with Gasteiger partial charge < -0.3 is 15.6 Å². The molecular weight excluding hydrogens is 182 g/mol. The third-order valence-corrected chi connectivity index (χ3v) is 0.123. The van der Waals surface area contributed by atoms with Crippen LogP contribution in [0.2, 0.25) is 0 Å². The van der Waals surface area contributed by atoms with Gasteiger partial charge in [-0.3, -0.25) is 4.79 Å². The summed E-state index contributed by atoms with van der Waals surface area (Å²) >= 11 is 0. The Morgan fingerprint density at radius 2 is 1.50 bits per heavy atom. The molecule has 60 valence electrons. The molecule has 0 heterocycles. The van der Waals surface area contributed by atoms with Crippen molar-refractivity contribution in [2.45, 2.75) is 6.92 Å². The standard InChI is InChI=1S/C2H3NO2.C2H4O2.Fe/c3-1-2(4)5;1-2(3)4;/h1,3H,(H,4,5);1H3,(H,3,4);. The number of hydrogen-bond acceptors (Lipinski definition) is 3. The maximum absolute atomic E-state index is 9.12. The van der Waals surface area contributed by atoms with E-state index in [9.17, 15) is 0 Å². The first-order valence-corrected chi connectivity index (χ1v) is 1.93. The third kappa shape index (κ3) is 210. The second-order valence-electron chi connectivity index (χ2n) is 1.00. The van der Waals surface area contributed by atoms with Gasteiger partial charge in [-0.15, -0.1) is 0 Å². The van der Waals surface area contributed by atoms with Crippen molar-refractivity contribution in [2.24, 2.45) is 0 Å². The van der Waals surface area contributed by atoms with Crippen LogP contribution in [0.3, 0.4) is 0 Å². The van der Waals surface area contributed by atoms with Crippen LogP contribution < -0.4 is 0 Å². The van der Waals surface area contributed by atoms with Gasteiger partial charge in [0.25, 0.3) is 5.97 Å². The van der Waals surface area contributed by atoms with E-state index in [4.69, 9.17) is 25.2 Å². The normalized spacial score (nSPS) is 5.70. The Balaban J connectivity index is -0.0000000910. The molecule has 0 atom stereocenters. The van der Waals surface area contributed by atoms with Crippen molar-refractivity contribution in [3.63, 3.8) is 0 Å². The fraction of sp³-hybridized carbons (Fsp3) is 0.250. The van der Waals surface area contributed by atoms with Gasteiger partial charge in [0, 0.05) is 24.0 Å². The minimum Gasteiger partial charge on any atom is -0.481 e. The van der Waals surface area contributed by atoms with E-state index in [-0.39, 0.29) is 17.1 Å². The predicted molar refractivity (Wildman–Crippen MR) is 29.7 cm³/mol. The molecule has 0 aromatic carbocycles. The van der Waals surface area contributed by atoms with E-state index in [2.05, 4.69) is 0 Å². The molecule has 0 radical (unpaired) electrons. The molecule has 0 aliphatic rings. The van der Waals surface area contributed by atoms with Crippen LogP contribution in [-0.2, 0) is 26.7 Å². The topological polar surface area (TPSA) is 98.5 Å². The van der Waals surface area contributed by atoms with Crippen LogP contribution in [0.25, 0.3) is 0 Å². The average molecular weight is 189 g/mol. The molecule has 0 bridgehead atoms. The number of aliphatic carboxylic acids is 2. The molecule has 0 aliphatic carbocycles. The monoisotopic (exact) mass is 189 g/mol. The van der Waals surface area contributed by atoms with Gasteiger partial charge >= 0.3 is 5.97 Å². The van der Waals surface area contributed by atoms with Crippen molar-refractivity contribution >= 4 is 18.2 Å². The summed E-state index contributed by atoms with van der Waals surface area (Å²) in [6.07, 6.45) is 0.333. The molecule has 0 aromatic rings. The second-order valence-corrected chi connectivity index (χ2v) is 1.00. The van der Waals surface area contributed by atoms with Crippen molar-refractivity contribution < 1.29 is 36.9 Å². The molecule has 6 heteroatoms. The fourth-order valence-electron chi connectivity index (χ4n) is 0. The van der Waals surface area contributed by atoms with E-state index in [1.807, 2.05) is 0 Å². The number of carbonyl (C=O) groups is 2. The largest absolute Gasteiger partial charge is 0.481 e. The van der Waals surface area contributed by atoms with Gasteiger partial charge in [-0.25, -0.2) is 4.79 Å². The zero-order valence-electron chi connectivity index (χ0n) is 5.14. The molecule has 0 aromatic heterocycles. The molecule has 10 heavy (non-hydrogen) atoms. The molecule has 0 aliphatic heterocycles. The summed E-state index contributed by atoms with van der Waals surface area (Å²) in [4.78, 5) is 18.1. The number of rotatable bonds is 1. The number of nitrogens with one attached hydrogen (secondary N) is 1. The Bertz CT molecular complexity index is 120. The molecule has 5 nitrogen and oxygen atoms in total. The van der Waals surface area contributed by atoms with Crippen LogP contribution in [0.1, 0.15) is 6.92 Å². The van der Waals surface area contributed by atoms with E-state index < -0.39 is 11.9 Å². The summed E-state index contributed by atoms with van der Waals surface area (Å²) in [5.74, 6) is -2.04. The van der Waals surface area contributed by atoms with Gasteiger partial charge in [0.1, 0.15) is 6.21 Å². The van der Waals surface area contributed by atoms with Crippen LogP contribution in [0, 0.1) is 5.41 Å². The van der Waals surface area contributed by atoms with Gasteiger partial charge in [-0.2, -0.15) is 0 Å². The van der Waals surface area contributed by atoms with Crippen molar-refractivity contribution in [1.29, 1.82) is 5.41 Å². The van der Waals surface area contributed by atoms with E-state index in [1.54, 1.807) is 0 Å². The summed E-state index contributed by atoms with van der Waals surface area (Å²) in [7, 11) is 0. The van der Waals surface area contributed by atoms with E-state index in [1.165, 1.54) is 0 Å². The summed E-state index contributed by atoms with van der Waals surface area (Å²) in [6, 6.07) is 0. The molecule has 0 saturated carbocycles. The molecule has 0 rings (SSSR count). The zero-order valence-corrected chi connectivity index (χ0v) is 6.25. The number of hydrogen-bond donors (Lipinski definition) is 3. The Kier molecular flexibility index (Phi) is 17.7. The average Bonchev–Trinajstić information content (AvgIpc) is 1.65. The maximum Gasteiger partial charge on any atom is 0.346 e. The predicted octanol–water partition coefficient (Wildman–Crippen LogP) is -0.191. The maximum atomic E-state index is 9.12. The Labute approximate surface area is 68.0 Å². The summed E-state index contributed by atoms with van der Waals surface area (Å²) in [6.45, 7) is 1.08. The Hall–Kier alpha value is -0.871. The quantitative estimate of drug-likeness (QED) is 0.393. The summed E-state index contributed by atoms with van der Waals surface area (Å²) in [5.41, 5.74) is 0. The first-order chi connectivity index (χ1) is 4.00. The SMILES string of the molecule is CC(=O)O.N=CC(=O)O.[Fe]. The van der Waals surface area contributed by atoms with E-state index >= 15 is 0 Å². The molecule has 0 unspecified atom stereocenters. The zero-order chi connectivity index (χ0) is 7.86. The van der Waals surface area contributed by atoms with Crippen molar-refractivity contribution in [1.82, 2.24) is 0 Å². The van der Waals surface area contributed by atoms with Crippen molar-refractivity contribution in [2.75, 3.05) is 0 Å². The molecule has 0 spiro atoms. The van der Waals surface area contributed by atoms with Crippen LogP contribution in [0.5, 0.6) is 0 Å². The number of carboxylic acids is 2. The molecule has 0 saturated heterocycles. The van der Waals surface area contributed by atoms with Gasteiger partial charge in [0.05, 0.1) is 0 Å². The molecular formula is C4H7FeNO4. The summed E-state index contributed by atoms with van der Waals surface area (Å²) in [5, 5.41) is 20.8. The second kappa shape index (κ2) is 11.0. The minimum absolute atomic E-state index is 0. The number of carboxylic acid groups (broad SMARTS) is 2. The van der Waals surface area contributed by atoms with Gasteiger partial charge in [-0.05, 0) is 0 Å². The molecule has 0 amide bonds. The fourth-order valence-corrected chi connectivity index (χ4v) is 0. The van der Waals surface area contributed by atoms with E-state index in [0.29, 0.717) is 6.21 Å². The first-order valence-electron chi connectivity index (χ1n) is 1.93. The van der Waals surface area contributed by atoms with Gasteiger partial charge in [-0.1, -0.05) is 0 Å². The van der Waals surface area contributed by atoms with Gasteiger partial charge in [0.2, 0.25) is 0 Å². The first kappa shape index (κ1) is 16.1. The van der Waals surface area contributed by atoms with Crippen LogP contribution in [0.15, 0.2) is 0 Å². The Morgan fingerprint density at radius 1 is 1.40 bits per heavy atom. The van der Waals surface area contributed by atoms with Crippen LogP contribution >= 0.6 is 0 Å². The van der Waals surface area contributed by atoms with Crippen LogP contribution in [0.4, 0.5) is 0 Å². The van der Waals surface area contributed by atoms with Crippen LogP contribution in [-0.4, -0.2) is 28.4 Å². The molecule has 0 fully saturated rings. The smallest absolute Gasteiger partial charge is 0.346 e. The van der Waals surface area contributed by atoms with E-state index in [0.717, 1.165) is 6.92 Å².